The molecule has 0 fully saturated rings. The summed E-state index contributed by atoms with van der Waals surface area (Å²) in [5.41, 5.74) is 6.70. The van der Waals surface area contributed by atoms with Crippen LogP contribution in [0.25, 0.3) is 0 Å². The molecule has 0 saturated carbocycles. The second-order valence-electron chi connectivity index (χ2n) is 2.67. The molecule has 0 aromatic rings. The normalized spacial score (nSPS) is 14.7. The Morgan fingerprint density at radius 3 is 2.45 bits per heavy atom. The molecule has 0 saturated heterocycles. The first-order valence-corrected chi connectivity index (χ1v) is 3.82. The number of hydrogen-bond donors (Lipinski definition) is 1. The van der Waals surface area contributed by atoms with Gasteiger partial charge in [0.2, 0.25) is 0 Å². The Morgan fingerprint density at radius 2 is 2.18 bits per heavy atom. The largest absolute Gasteiger partial charge is 0.324 e. The minimum atomic E-state index is -0.273. The fourth-order valence-electron chi connectivity index (χ4n) is 0.915. The topological polar surface area (TPSA) is 26.0 Å². The lowest BCUT2D eigenvalue weighted by molar-refractivity contribution is 0.585. The first-order chi connectivity index (χ1) is 5.07. The van der Waals surface area contributed by atoms with Crippen molar-refractivity contribution >= 4 is 0 Å². The van der Waals surface area contributed by atoms with Crippen LogP contribution in [0.5, 0.6) is 0 Å². The van der Waals surface area contributed by atoms with Crippen molar-refractivity contribution < 1.29 is 4.39 Å². The highest BCUT2D eigenvalue weighted by molar-refractivity contribution is 5.08. The number of nitrogens with two attached hydrogens (primary N) is 1. The predicted molar refractivity (Wildman–Crippen MR) is 46.9 cm³/mol. The standard InChI is InChI=1S/C9H16FN/c1-4-9(8(3)11)6-5-7(2)10/h4,8H,2,5-6,11H2,1,3H3/b9-4+/t8-/m0/s1. The molecule has 0 unspecified atom stereocenters. The predicted octanol–water partition coefficient (Wildman–Crippen LogP) is 2.54. The molecule has 0 heterocycles. The summed E-state index contributed by atoms with van der Waals surface area (Å²) in [5, 5.41) is 0. The van der Waals surface area contributed by atoms with Crippen molar-refractivity contribution in [1.29, 1.82) is 0 Å². The number of halogens is 1. The van der Waals surface area contributed by atoms with Crippen LogP contribution in [0.15, 0.2) is 24.1 Å². The summed E-state index contributed by atoms with van der Waals surface area (Å²) in [7, 11) is 0. The van der Waals surface area contributed by atoms with Crippen molar-refractivity contribution in [3.63, 3.8) is 0 Å². The van der Waals surface area contributed by atoms with Gasteiger partial charge in [-0.2, -0.15) is 0 Å². The molecule has 64 valence electrons. The molecule has 0 aliphatic carbocycles. The third-order valence-electron chi connectivity index (χ3n) is 1.64. The van der Waals surface area contributed by atoms with Gasteiger partial charge in [0.1, 0.15) is 0 Å². The fourth-order valence-corrected chi connectivity index (χ4v) is 0.915. The minimum absolute atomic E-state index is 0.0272. The van der Waals surface area contributed by atoms with Crippen molar-refractivity contribution in [2.75, 3.05) is 0 Å². The summed E-state index contributed by atoms with van der Waals surface area (Å²) < 4.78 is 12.2. The van der Waals surface area contributed by atoms with Crippen molar-refractivity contribution in [2.24, 2.45) is 5.73 Å². The maximum absolute atomic E-state index is 12.2. The zero-order valence-corrected chi connectivity index (χ0v) is 7.23. The van der Waals surface area contributed by atoms with Gasteiger partial charge in [-0.05, 0) is 20.3 Å². The van der Waals surface area contributed by atoms with E-state index >= 15 is 0 Å². The lowest BCUT2D eigenvalue weighted by atomic mass is 10.0. The Morgan fingerprint density at radius 1 is 1.64 bits per heavy atom. The van der Waals surface area contributed by atoms with Crippen molar-refractivity contribution in [3.05, 3.63) is 24.1 Å². The zero-order valence-electron chi connectivity index (χ0n) is 7.23. The molecule has 0 aromatic carbocycles. The molecular formula is C9H16FN. The lowest BCUT2D eigenvalue weighted by Crippen LogP contribution is -2.17. The van der Waals surface area contributed by atoms with E-state index in [0.717, 1.165) is 5.57 Å². The van der Waals surface area contributed by atoms with E-state index in [-0.39, 0.29) is 11.9 Å². The van der Waals surface area contributed by atoms with E-state index < -0.39 is 0 Å². The molecule has 2 N–H and O–H groups in total. The van der Waals surface area contributed by atoms with E-state index in [1.807, 2.05) is 19.9 Å². The van der Waals surface area contributed by atoms with Crippen LogP contribution in [0.4, 0.5) is 4.39 Å². The van der Waals surface area contributed by atoms with Gasteiger partial charge in [0.05, 0.1) is 5.83 Å². The second-order valence-corrected chi connectivity index (χ2v) is 2.67. The SMILES string of the molecule is C=C(F)CC/C(=C\C)[C@H](C)N. The highest BCUT2D eigenvalue weighted by Gasteiger charge is 2.02. The second kappa shape index (κ2) is 5.08. The van der Waals surface area contributed by atoms with E-state index in [1.165, 1.54) is 0 Å². The average molecular weight is 157 g/mol. The van der Waals surface area contributed by atoms with Gasteiger partial charge in [-0.25, -0.2) is 4.39 Å². The molecule has 0 amide bonds. The summed E-state index contributed by atoms with van der Waals surface area (Å²) in [6.07, 6.45) is 3.01. The Labute approximate surface area is 67.8 Å². The minimum Gasteiger partial charge on any atom is -0.324 e. The smallest absolute Gasteiger partial charge is 0.0931 e. The van der Waals surface area contributed by atoms with Crippen LogP contribution in [0.1, 0.15) is 26.7 Å². The van der Waals surface area contributed by atoms with Crippen LogP contribution in [-0.2, 0) is 0 Å². The van der Waals surface area contributed by atoms with Crippen LogP contribution < -0.4 is 5.73 Å². The Bertz CT molecular complexity index is 159. The fraction of sp³-hybridized carbons (Fsp3) is 0.556. The first-order valence-electron chi connectivity index (χ1n) is 3.82. The first kappa shape index (κ1) is 10.4. The third kappa shape index (κ3) is 4.73. The monoisotopic (exact) mass is 157 g/mol. The number of rotatable bonds is 4. The molecule has 0 aliphatic rings. The van der Waals surface area contributed by atoms with Crippen molar-refractivity contribution in [1.82, 2.24) is 0 Å². The summed E-state index contributed by atoms with van der Waals surface area (Å²) in [4.78, 5) is 0. The molecule has 1 nitrogen and oxygen atoms in total. The van der Waals surface area contributed by atoms with E-state index in [1.54, 1.807) is 0 Å². The van der Waals surface area contributed by atoms with E-state index in [4.69, 9.17) is 5.73 Å². The maximum atomic E-state index is 12.2. The van der Waals surface area contributed by atoms with Gasteiger partial charge in [0, 0.05) is 12.5 Å². The molecular weight excluding hydrogens is 141 g/mol. The molecule has 0 aromatic heterocycles. The number of allylic oxidation sites excluding steroid dienone is 2. The highest BCUT2D eigenvalue weighted by Crippen LogP contribution is 2.12. The molecule has 2 heteroatoms. The van der Waals surface area contributed by atoms with Gasteiger partial charge in [-0.3, -0.25) is 0 Å². The molecule has 0 spiro atoms. The third-order valence-corrected chi connectivity index (χ3v) is 1.64. The highest BCUT2D eigenvalue weighted by atomic mass is 19.1. The molecule has 0 radical (unpaired) electrons. The van der Waals surface area contributed by atoms with E-state index in [0.29, 0.717) is 12.8 Å². The molecule has 0 aliphatic heterocycles. The summed E-state index contributed by atoms with van der Waals surface area (Å²) in [6, 6.07) is 0.0272. The van der Waals surface area contributed by atoms with E-state index in [2.05, 4.69) is 6.58 Å². The summed E-state index contributed by atoms with van der Waals surface area (Å²) in [6.45, 7) is 7.00. The molecule has 11 heavy (non-hydrogen) atoms. The Balaban J connectivity index is 3.81. The molecule has 0 rings (SSSR count). The van der Waals surface area contributed by atoms with Gasteiger partial charge in [-0.1, -0.05) is 18.2 Å². The molecule has 1 atom stereocenters. The van der Waals surface area contributed by atoms with Crippen molar-refractivity contribution in [2.45, 2.75) is 32.7 Å². The summed E-state index contributed by atoms with van der Waals surface area (Å²) in [5.74, 6) is -0.273. The lowest BCUT2D eigenvalue weighted by Gasteiger charge is -2.09. The maximum Gasteiger partial charge on any atom is 0.0931 e. The van der Waals surface area contributed by atoms with Gasteiger partial charge in [0.15, 0.2) is 0 Å². The Hall–Kier alpha value is -0.630. The summed E-state index contributed by atoms with van der Waals surface area (Å²) >= 11 is 0. The molecule has 0 bridgehead atoms. The van der Waals surface area contributed by atoms with Crippen molar-refractivity contribution in [3.8, 4) is 0 Å². The number of hydrogen-bond acceptors (Lipinski definition) is 1. The van der Waals surface area contributed by atoms with Crippen LogP contribution in [0.3, 0.4) is 0 Å². The van der Waals surface area contributed by atoms with Gasteiger partial charge >= 0.3 is 0 Å². The Kier molecular flexibility index (Phi) is 4.79. The zero-order chi connectivity index (χ0) is 8.85. The van der Waals surface area contributed by atoms with Crippen LogP contribution in [0, 0.1) is 0 Å². The van der Waals surface area contributed by atoms with Crippen LogP contribution >= 0.6 is 0 Å². The van der Waals surface area contributed by atoms with Crippen LogP contribution in [-0.4, -0.2) is 6.04 Å². The quantitative estimate of drug-likeness (QED) is 0.623. The van der Waals surface area contributed by atoms with Crippen LogP contribution in [0.2, 0.25) is 0 Å². The van der Waals surface area contributed by atoms with Gasteiger partial charge in [-0.15, -0.1) is 0 Å². The average Bonchev–Trinajstić information content (AvgIpc) is 1.87. The van der Waals surface area contributed by atoms with E-state index in [9.17, 15) is 4.39 Å². The van der Waals surface area contributed by atoms with Gasteiger partial charge < -0.3 is 5.73 Å². The van der Waals surface area contributed by atoms with Gasteiger partial charge in [0.25, 0.3) is 0 Å².